The predicted molar refractivity (Wildman–Crippen MR) is 68.6 cm³/mol. The molecule has 2 atom stereocenters. The number of rotatable bonds is 3. The summed E-state index contributed by atoms with van der Waals surface area (Å²) in [7, 11) is 0. The molecule has 1 aromatic rings. The summed E-state index contributed by atoms with van der Waals surface area (Å²) < 4.78 is 12.8. The monoisotopic (exact) mass is 250 g/mol. The van der Waals surface area contributed by atoms with Crippen LogP contribution in [-0.4, -0.2) is 18.5 Å². The molecule has 0 aliphatic carbocycles. The summed E-state index contributed by atoms with van der Waals surface area (Å²) in [6.45, 7) is 2.76. The Bertz CT molecular complexity index is 405. The molecule has 1 saturated heterocycles. The van der Waals surface area contributed by atoms with E-state index in [1.54, 1.807) is 12.1 Å². The Kier molecular flexibility index (Phi) is 4.31. The number of amides is 1. The lowest BCUT2D eigenvalue weighted by Gasteiger charge is -2.21. The average molecular weight is 250 g/mol. The van der Waals surface area contributed by atoms with E-state index in [-0.39, 0.29) is 23.8 Å². The van der Waals surface area contributed by atoms with Crippen LogP contribution in [0.25, 0.3) is 0 Å². The van der Waals surface area contributed by atoms with E-state index in [0.29, 0.717) is 0 Å². The van der Waals surface area contributed by atoms with E-state index < -0.39 is 0 Å². The average Bonchev–Trinajstić information content (AvgIpc) is 2.56. The van der Waals surface area contributed by atoms with Crippen molar-refractivity contribution in [1.29, 1.82) is 0 Å². The first-order chi connectivity index (χ1) is 8.66. The van der Waals surface area contributed by atoms with Crippen LogP contribution in [0.4, 0.5) is 4.39 Å². The molecular weight excluding hydrogens is 231 g/mol. The smallest absolute Gasteiger partial charge is 0.237 e. The fourth-order valence-electron chi connectivity index (χ4n) is 2.25. The van der Waals surface area contributed by atoms with E-state index in [0.717, 1.165) is 31.4 Å². The molecule has 0 spiro atoms. The Morgan fingerprint density at radius 1 is 1.33 bits per heavy atom. The van der Waals surface area contributed by atoms with Crippen molar-refractivity contribution in [1.82, 2.24) is 10.6 Å². The first-order valence-corrected chi connectivity index (χ1v) is 6.46. The van der Waals surface area contributed by atoms with Gasteiger partial charge in [-0.1, -0.05) is 12.1 Å². The second-order valence-corrected chi connectivity index (χ2v) is 4.78. The minimum absolute atomic E-state index is 0.0412. The molecule has 2 N–H and O–H groups in total. The highest BCUT2D eigenvalue weighted by molar-refractivity contribution is 5.81. The molecule has 1 fully saturated rings. The highest BCUT2D eigenvalue weighted by atomic mass is 19.1. The van der Waals surface area contributed by atoms with Crippen LogP contribution in [0.3, 0.4) is 0 Å². The Hall–Kier alpha value is -1.42. The molecule has 0 saturated carbocycles. The second-order valence-electron chi connectivity index (χ2n) is 4.78. The lowest BCUT2D eigenvalue weighted by atomic mass is 10.1. The SMILES string of the molecule is C[C@@H](NC1CCCCNC1=O)c1ccc(F)cc1. The highest BCUT2D eigenvalue weighted by Gasteiger charge is 2.22. The van der Waals surface area contributed by atoms with Gasteiger partial charge in [-0.15, -0.1) is 0 Å². The fraction of sp³-hybridized carbons (Fsp3) is 0.500. The van der Waals surface area contributed by atoms with Crippen molar-refractivity contribution in [2.45, 2.75) is 38.3 Å². The molecule has 0 radical (unpaired) electrons. The summed E-state index contributed by atoms with van der Waals surface area (Å²) in [4.78, 5) is 11.8. The van der Waals surface area contributed by atoms with Gasteiger partial charge in [-0.3, -0.25) is 10.1 Å². The van der Waals surface area contributed by atoms with Crippen LogP contribution < -0.4 is 10.6 Å². The molecule has 0 bridgehead atoms. The van der Waals surface area contributed by atoms with Crippen molar-refractivity contribution >= 4 is 5.91 Å². The minimum Gasteiger partial charge on any atom is -0.355 e. The van der Waals surface area contributed by atoms with Crippen molar-refractivity contribution in [3.63, 3.8) is 0 Å². The van der Waals surface area contributed by atoms with Gasteiger partial charge >= 0.3 is 0 Å². The molecule has 1 heterocycles. The van der Waals surface area contributed by atoms with Gasteiger partial charge in [0.25, 0.3) is 0 Å². The van der Waals surface area contributed by atoms with Gasteiger partial charge in [-0.2, -0.15) is 0 Å². The summed E-state index contributed by atoms with van der Waals surface area (Å²) in [5.41, 5.74) is 0.994. The third-order valence-corrected chi connectivity index (χ3v) is 3.36. The number of hydrogen-bond acceptors (Lipinski definition) is 2. The van der Waals surface area contributed by atoms with Gasteiger partial charge in [-0.05, 0) is 43.9 Å². The van der Waals surface area contributed by atoms with Crippen molar-refractivity contribution in [3.8, 4) is 0 Å². The van der Waals surface area contributed by atoms with Crippen LogP contribution >= 0.6 is 0 Å². The fourth-order valence-corrected chi connectivity index (χ4v) is 2.25. The largest absolute Gasteiger partial charge is 0.355 e. The first kappa shape index (κ1) is 13.0. The second kappa shape index (κ2) is 5.96. The summed E-state index contributed by atoms with van der Waals surface area (Å²) in [5, 5.41) is 6.21. The van der Waals surface area contributed by atoms with Crippen LogP contribution in [0, 0.1) is 5.82 Å². The van der Waals surface area contributed by atoms with Crippen LogP contribution in [0.5, 0.6) is 0 Å². The summed E-state index contributed by atoms with van der Waals surface area (Å²) in [6, 6.07) is 6.29. The van der Waals surface area contributed by atoms with E-state index in [9.17, 15) is 9.18 Å². The first-order valence-electron chi connectivity index (χ1n) is 6.46. The van der Waals surface area contributed by atoms with Crippen LogP contribution in [0.1, 0.15) is 37.8 Å². The molecule has 1 aromatic carbocycles. The normalized spacial score (nSPS) is 22.1. The Labute approximate surface area is 107 Å². The minimum atomic E-state index is -0.238. The maximum Gasteiger partial charge on any atom is 0.237 e. The zero-order chi connectivity index (χ0) is 13.0. The Balaban J connectivity index is 1.99. The van der Waals surface area contributed by atoms with Crippen molar-refractivity contribution < 1.29 is 9.18 Å². The van der Waals surface area contributed by atoms with Gasteiger partial charge in [0.2, 0.25) is 5.91 Å². The predicted octanol–water partition coefficient (Wildman–Crippen LogP) is 2.14. The quantitative estimate of drug-likeness (QED) is 0.863. The van der Waals surface area contributed by atoms with E-state index in [4.69, 9.17) is 0 Å². The number of hydrogen-bond donors (Lipinski definition) is 2. The van der Waals surface area contributed by atoms with Gasteiger partial charge < -0.3 is 5.32 Å². The molecule has 1 aliphatic rings. The van der Waals surface area contributed by atoms with Crippen molar-refractivity contribution in [2.24, 2.45) is 0 Å². The number of nitrogens with one attached hydrogen (secondary N) is 2. The molecule has 1 aliphatic heterocycles. The van der Waals surface area contributed by atoms with Crippen LogP contribution in [-0.2, 0) is 4.79 Å². The standard InChI is InChI=1S/C14H19FN2O/c1-10(11-5-7-12(15)8-6-11)17-13-4-2-3-9-16-14(13)18/h5-8,10,13,17H,2-4,9H2,1H3,(H,16,18)/t10-,13?/m1/s1. The number of benzene rings is 1. The summed E-state index contributed by atoms with van der Waals surface area (Å²) in [6.07, 6.45) is 2.94. The maximum absolute atomic E-state index is 12.8. The van der Waals surface area contributed by atoms with Gasteiger partial charge in [0.1, 0.15) is 5.82 Å². The lowest BCUT2D eigenvalue weighted by molar-refractivity contribution is -0.123. The van der Waals surface area contributed by atoms with Gasteiger partial charge in [0.05, 0.1) is 6.04 Å². The molecule has 18 heavy (non-hydrogen) atoms. The molecule has 1 amide bonds. The lowest BCUT2D eigenvalue weighted by Crippen LogP contribution is -2.43. The zero-order valence-electron chi connectivity index (χ0n) is 10.6. The maximum atomic E-state index is 12.8. The molecule has 1 unspecified atom stereocenters. The van der Waals surface area contributed by atoms with E-state index in [1.807, 2.05) is 6.92 Å². The van der Waals surface area contributed by atoms with Crippen LogP contribution in [0.15, 0.2) is 24.3 Å². The highest BCUT2D eigenvalue weighted by Crippen LogP contribution is 2.16. The molecule has 2 rings (SSSR count). The van der Waals surface area contributed by atoms with Crippen LogP contribution in [0.2, 0.25) is 0 Å². The number of carbonyl (C=O) groups is 1. The van der Waals surface area contributed by atoms with E-state index in [1.165, 1.54) is 12.1 Å². The zero-order valence-corrected chi connectivity index (χ0v) is 10.6. The molecule has 3 nitrogen and oxygen atoms in total. The topological polar surface area (TPSA) is 41.1 Å². The van der Waals surface area contributed by atoms with Gasteiger partial charge in [0, 0.05) is 12.6 Å². The molecule has 0 aromatic heterocycles. The summed E-state index contributed by atoms with van der Waals surface area (Å²) >= 11 is 0. The molecule has 98 valence electrons. The van der Waals surface area contributed by atoms with E-state index >= 15 is 0 Å². The van der Waals surface area contributed by atoms with Crippen molar-refractivity contribution in [2.75, 3.05) is 6.54 Å². The van der Waals surface area contributed by atoms with Gasteiger partial charge in [0.15, 0.2) is 0 Å². The number of carbonyl (C=O) groups excluding carboxylic acids is 1. The molecule has 4 heteroatoms. The third-order valence-electron chi connectivity index (χ3n) is 3.36. The van der Waals surface area contributed by atoms with E-state index in [2.05, 4.69) is 10.6 Å². The Morgan fingerprint density at radius 3 is 2.78 bits per heavy atom. The number of halogens is 1. The Morgan fingerprint density at radius 2 is 2.06 bits per heavy atom. The van der Waals surface area contributed by atoms with Crippen molar-refractivity contribution in [3.05, 3.63) is 35.6 Å². The third kappa shape index (κ3) is 3.29. The molecular formula is C14H19FN2O. The van der Waals surface area contributed by atoms with Gasteiger partial charge in [-0.25, -0.2) is 4.39 Å². The summed E-state index contributed by atoms with van der Waals surface area (Å²) in [5.74, 6) is -0.167.